The molecule has 1 aliphatic carbocycles. The van der Waals surface area contributed by atoms with Gasteiger partial charge < -0.3 is 10.5 Å². The molecule has 0 radical (unpaired) electrons. The highest BCUT2D eigenvalue weighted by molar-refractivity contribution is 9.11. The molecule has 2 N–H and O–H groups in total. The smallest absolute Gasteiger partial charge is 0.150 e. The molecule has 27 heavy (non-hydrogen) atoms. The lowest BCUT2D eigenvalue weighted by Gasteiger charge is -2.23. The highest BCUT2D eigenvalue weighted by atomic mass is 79.9. The van der Waals surface area contributed by atoms with Crippen LogP contribution in [-0.2, 0) is 4.74 Å². The second-order valence-corrected chi connectivity index (χ2v) is 8.96. The Morgan fingerprint density at radius 1 is 1.15 bits per heavy atom. The van der Waals surface area contributed by atoms with Crippen LogP contribution in [0.25, 0.3) is 22.2 Å². The van der Waals surface area contributed by atoms with Gasteiger partial charge in [0.15, 0.2) is 6.23 Å². The minimum atomic E-state index is -0.0425. The van der Waals surface area contributed by atoms with E-state index >= 15 is 0 Å². The second-order valence-electron chi connectivity index (χ2n) is 7.31. The van der Waals surface area contributed by atoms with Crippen LogP contribution in [0.2, 0.25) is 0 Å². The molecule has 1 saturated carbocycles. The molecule has 2 aliphatic rings. The first-order valence-corrected chi connectivity index (χ1v) is 11.0. The molecule has 0 bridgehead atoms. The average molecular weight is 492 g/mol. The number of benzene rings is 1. The van der Waals surface area contributed by atoms with Crippen molar-refractivity contribution in [2.75, 3.05) is 12.3 Å². The van der Waals surface area contributed by atoms with Gasteiger partial charge >= 0.3 is 0 Å². The number of anilines is 1. The van der Waals surface area contributed by atoms with Gasteiger partial charge in [0.25, 0.3) is 0 Å². The lowest BCUT2D eigenvalue weighted by Crippen LogP contribution is -2.19. The molecule has 1 unspecified atom stereocenters. The van der Waals surface area contributed by atoms with E-state index in [4.69, 9.17) is 15.6 Å². The lowest BCUT2D eigenvalue weighted by molar-refractivity contribution is -0.0365. The maximum atomic E-state index is 6.41. The van der Waals surface area contributed by atoms with Gasteiger partial charge in [0.1, 0.15) is 5.69 Å². The monoisotopic (exact) mass is 490 g/mol. The maximum absolute atomic E-state index is 6.41. The van der Waals surface area contributed by atoms with Crippen molar-refractivity contribution < 1.29 is 4.74 Å². The number of rotatable bonds is 3. The molecule has 0 amide bonds. The van der Waals surface area contributed by atoms with Crippen molar-refractivity contribution in [2.24, 2.45) is 0 Å². The van der Waals surface area contributed by atoms with Gasteiger partial charge in [-0.3, -0.25) is 4.98 Å². The van der Waals surface area contributed by atoms with E-state index in [1.165, 1.54) is 12.8 Å². The summed E-state index contributed by atoms with van der Waals surface area (Å²) >= 11 is 7.50. The van der Waals surface area contributed by atoms with Gasteiger partial charge in [-0.1, -0.05) is 6.07 Å². The van der Waals surface area contributed by atoms with Crippen molar-refractivity contribution in [1.82, 2.24) is 14.8 Å². The SMILES string of the molecule is Nc1cccc2c1c(-c1c(Br)cnc(C3CC3)c1Br)nn2C1CCCCO1. The standard InChI is InChI=1S/C20H20Br2N4O/c21-12-10-24-19(11-7-8-11)18(22)16(12)20-17-13(23)4-3-5-14(17)26(25-20)15-6-1-2-9-27-15/h3-5,10-11,15H,1-2,6-9,23H2. The van der Waals surface area contributed by atoms with E-state index in [0.717, 1.165) is 68.4 Å². The van der Waals surface area contributed by atoms with Gasteiger partial charge in [0, 0.05) is 38.9 Å². The van der Waals surface area contributed by atoms with Gasteiger partial charge in [-0.2, -0.15) is 5.10 Å². The summed E-state index contributed by atoms with van der Waals surface area (Å²) in [4.78, 5) is 4.64. The van der Waals surface area contributed by atoms with Crippen LogP contribution in [0.3, 0.4) is 0 Å². The molecule has 0 spiro atoms. The fraction of sp³-hybridized carbons (Fsp3) is 0.400. The number of halogens is 2. The summed E-state index contributed by atoms with van der Waals surface area (Å²) < 4.78 is 9.96. The third-order valence-electron chi connectivity index (χ3n) is 5.40. The lowest BCUT2D eigenvalue weighted by atomic mass is 10.1. The number of nitrogens with two attached hydrogens (primary N) is 1. The number of aromatic nitrogens is 3. The van der Waals surface area contributed by atoms with E-state index in [1.54, 1.807) is 0 Å². The summed E-state index contributed by atoms with van der Waals surface area (Å²) in [6.07, 6.45) is 7.46. The predicted octanol–water partition coefficient (Wildman–Crippen LogP) is 5.78. The Hall–Kier alpha value is -1.44. The minimum absolute atomic E-state index is 0.0425. The summed E-state index contributed by atoms with van der Waals surface area (Å²) in [5.41, 5.74) is 11.2. The highest BCUT2D eigenvalue weighted by Crippen LogP contribution is 2.48. The normalized spacial score (nSPS) is 20.3. The largest absolute Gasteiger partial charge is 0.398 e. The predicted molar refractivity (Wildman–Crippen MR) is 114 cm³/mol. The van der Waals surface area contributed by atoms with E-state index in [0.29, 0.717) is 5.92 Å². The maximum Gasteiger partial charge on any atom is 0.150 e. The molecule has 1 saturated heterocycles. The molecule has 1 aromatic carbocycles. The first-order chi connectivity index (χ1) is 13.1. The van der Waals surface area contributed by atoms with Crippen LogP contribution in [0.5, 0.6) is 0 Å². The Balaban J connectivity index is 1.76. The minimum Gasteiger partial charge on any atom is -0.398 e. The zero-order chi connectivity index (χ0) is 18.5. The Kier molecular flexibility index (Phi) is 4.49. The number of ether oxygens (including phenoxy) is 1. The van der Waals surface area contributed by atoms with Crippen molar-refractivity contribution in [1.29, 1.82) is 0 Å². The van der Waals surface area contributed by atoms with Crippen LogP contribution in [0.1, 0.15) is 49.9 Å². The van der Waals surface area contributed by atoms with Crippen molar-refractivity contribution in [2.45, 2.75) is 44.2 Å². The Labute approximate surface area is 174 Å². The summed E-state index contributed by atoms with van der Waals surface area (Å²) in [5, 5.41) is 5.98. The summed E-state index contributed by atoms with van der Waals surface area (Å²) in [7, 11) is 0. The van der Waals surface area contributed by atoms with Gasteiger partial charge in [-0.15, -0.1) is 0 Å². The molecule has 1 atom stereocenters. The average Bonchev–Trinajstić information content (AvgIpc) is 3.44. The number of hydrogen-bond acceptors (Lipinski definition) is 4. The number of nitrogen functional groups attached to an aromatic ring is 1. The van der Waals surface area contributed by atoms with Crippen LogP contribution < -0.4 is 5.73 Å². The highest BCUT2D eigenvalue weighted by Gasteiger charge is 2.31. The zero-order valence-electron chi connectivity index (χ0n) is 14.8. The van der Waals surface area contributed by atoms with Gasteiger partial charge in [-0.25, -0.2) is 4.68 Å². The Morgan fingerprint density at radius 3 is 2.74 bits per heavy atom. The summed E-state index contributed by atoms with van der Waals surface area (Å²) in [6, 6.07) is 5.99. The third kappa shape index (κ3) is 3.00. The fourth-order valence-electron chi connectivity index (χ4n) is 3.87. The molecular weight excluding hydrogens is 472 g/mol. The number of pyridine rings is 1. The molecule has 2 fully saturated rings. The molecule has 140 valence electrons. The van der Waals surface area contributed by atoms with Crippen LogP contribution in [0.15, 0.2) is 33.3 Å². The number of hydrogen-bond donors (Lipinski definition) is 1. The van der Waals surface area contributed by atoms with Gasteiger partial charge in [0.05, 0.1) is 16.6 Å². The molecule has 2 aromatic heterocycles. The molecule has 3 aromatic rings. The molecule has 7 heteroatoms. The topological polar surface area (TPSA) is 66.0 Å². The van der Waals surface area contributed by atoms with Crippen LogP contribution >= 0.6 is 31.9 Å². The number of nitrogens with zero attached hydrogens (tertiary/aromatic N) is 3. The second kappa shape index (κ2) is 6.87. The molecular formula is C20H20Br2N4O. The van der Waals surface area contributed by atoms with Crippen molar-refractivity contribution in [3.05, 3.63) is 39.0 Å². The molecule has 3 heterocycles. The van der Waals surface area contributed by atoms with E-state index in [-0.39, 0.29) is 6.23 Å². The summed E-state index contributed by atoms with van der Waals surface area (Å²) in [6.45, 7) is 0.776. The quantitative estimate of drug-likeness (QED) is 0.471. The first kappa shape index (κ1) is 17.6. The third-order valence-corrected chi connectivity index (χ3v) is 6.80. The molecule has 1 aliphatic heterocycles. The van der Waals surface area contributed by atoms with E-state index in [2.05, 4.69) is 42.9 Å². The van der Waals surface area contributed by atoms with Crippen LogP contribution in [-0.4, -0.2) is 21.4 Å². The van der Waals surface area contributed by atoms with Crippen LogP contribution in [0.4, 0.5) is 5.69 Å². The molecule has 5 rings (SSSR count). The number of fused-ring (bicyclic) bond motifs is 1. The van der Waals surface area contributed by atoms with Crippen LogP contribution in [0, 0.1) is 0 Å². The van der Waals surface area contributed by atoms with Crippen molar-refractivity contribution >= 4 is 48.5 Å². The zero-order valence-corrected chi connectivity index (χ0v) is 18.0. The first-order valence-electron chi connectivity index (χ1n) is 9.37. The van der Waals surface area contributed by atoms with Crippen molar-refractivity contribution in [3.63, 3.8) is 0 Å². The van der Waals surface area contributed by atoms with E-state index in [9.17, 15) is 0 Å². The Bertz CT molecular complexity index is 1020. The van der Waals surface area contributed by atoms with E-state index in [1.807, 2.05) is 23.0 Å². The fourth-order valence-corrected chi connectivity index (χ4v) is 5.45. The van der Waals surface area contributed by atoms with Gasteiger partial charge in [0.2, 0.25) is 0 Å². The van der Waals surface area contributed by atoms with Gasteiger partial charge in [-0.05, 0) is 76.1 Å². The summed E-state index contributed by atoms with van der Waals surface area (Å²) in [5.74, 6) is 0.540. The Morgan fingerprint density at radius 2 is 2.00 bits per heavy atom. The van der Waals surface area contributed by atoms with Crippen molar-refractivity contribution in [3.8, 4) is 11.3 Å². The molecule has 5 nitrogen and oxygen atoms in total. The van der Waals surface area contributed by atoms with E-state index < -0.39 is 0 Å².